The van der Waals surface area contributed by atoms with E-state index in [0.29, 0.717) is 28.2 Å². The van der Waals surface area contributed by atoms with Crippen LogP contribution in [0.15, 0.2) is 82.7 Å². The lowest BCUT2D eigenvalue weighted by atomic mass is 9.90. The standard InChI is InChI=1S/C27H22ClN3O2/c1-16-8-6-7-11-20(16)24-15-23(30-31(24)17(2)32)26-25(18-9-4-3-5-10-18)21-14-19(28)12-13-22(21)29-27(26)33/h3-14,24H,15H2,1-2H3,(H,29,33)/t24-/m1/s1. The molecule has 0 spiro atoms. The molecule has 0 radical (unpaired) electrons. The SMILES string of the molecule is CC(=O)N1N=C(c2c(-c3ccccc3)c3cc(Cl)ccc3[nH]c2=O)C[C@@H]1c1ccccc1C. The molecule has 1 aliphatic rings. The molecule has 1 aromatic heterocycles. The summed E-state index contributed by atoms with van der Waals surface area (Å²) in [6, 6.07) is 22.9. The van der Waals surface area contributed by atoms with E-state index in [1.807, 2.05) is 73.7 Å². The van der Waals surface area contributed by atoms with Crippen LogP contribution in [0.2, 0.25) is 5.02 Å². The molecule has 1 amide bonds. The van der Waals surface area contributed by atoms with E-state index in [4.69, 9.17) is 11.6 Å². The van der Waals surface area contributed by atoms with Crippen molar-refractivity contribution in [2.45, 2.75) is 26.3 Å². The van der Waals surface area contributed by atoms with Crippen LogP contribution in [0.4, 0.5) is 0 Å². The fraction of sp³-hybridized carbons (Fsp3) is 0.148. The fourth-order valence-corrected chi connectivity index (χ4v) is 4.77. The maximum atomic E-state index is 13.4. The number of nitrogens with one attached hydrogen (secondary N) is 1. The number of hydrogen-bond donors (Lipinski definition) is 1. The number of fused-ring (bicyclic) bond motifs is 1. The van der Waals surface area contributed by atoms with Crippen molar-refractivity contribution in [3.63, 3.8) is 0 Å². The van der Waals surface area contributed by atoms with Crippen LogP contribution in [0.3, 0.4) is 0 Å². The summed E-state index contributed by atoms with van der Waals surface area (Å²) < 4.78 is 0. The van der Waals surface area contributed by atoms with Gasteiger partial charge in [-0.3, -0.25) is 9.59 Å². The highest BCUT2D eigenvalue weighted by atomic mass is 35.5. The maximum absolute atomic E-state index is 13.4. The Morgan fingerprint density at radius 1 is 1.03 bits per heavy atom. The molecule has 4 aromatic rings. The van der Waals surface area contributed by atoms with Crippen molar-refractivity contribution in [3.8, 4) is 11.1 Å². The Bertz CT molecular complexity index is 1470. The summed E-state index contributed by atoms with van der Waals surface area (Å²) >= 11 is 6.34. The number of aromatic amines is 1. The normalized spacial score (nSPS) is 15.7. The molecule has 5 nitrogen and oxygen atoms in total. The Morgan fingerprint density at radius 2 is 1.76 bits per heavy atom. The smallest absolute Gasteiger partial charge is 0.258 e. The van der Waals surface area contributed by atoms with E-state index in [0.717, 1.165) is 27.6 Å². The van der Waals surface area contributed by atoms with Crippen molar-refractivity contribution in [3.05, 3.63) is 105 Å². The highest BCUT2D eigenvalue weighted by Crippen LogP contribution is 2.38. The number of rotatable bonds is 3. The average Bonchev–Trinajstić information content (AvgIpc) is 3.24. The zero-order chi connectivity index (χ0) is 23.1. The lowest BCUT2D eigenvalue weighted by Gasteiger charge is -2.22. The molecule has 2 heterocycles. The molecule has 6 heteroatoms. The number of aryl methyl sites for hydroxylation is 1. The second-order valence-corrected chi connectivity index (χ2v) is 8.68. The molecule has 33 heavy (non-hydrogen) atoms. The minimum atomic E-state index is -0.267. The number of carbonyl (C=O) groups excluding carboxylic acids is 1. The number of H-pyrrole nitrogens is 1. The van der Waals surface area contributed by atoms with E-state index in [9.17, 15) is 9.59 Å². The van der Waals surface area contributed by atoms with Gasteiger partial charge in [-0.2, -0.15) is 5.10 Å². The van der Waals surface area contributed by atoms with Crippen molar-refractivity contribution in [1.29, 1.82) is 0 Å². The second-order valence-electron chi connectivity index (χ2n) is 8.25. The molecule has 1 aliphatic heterocycles. The van der Waals surface area contributed by atoms with Gasteiger partial charge in [-0.25, -0.2) is 5.01 Å². The number of carbonyl (C=O) groups is 1. The first-order chi connectivity index (χ1) is 15.9. The van der Waals surface area contributed by atoms with Crippen LogP contribution in [0.1, 0.15) is 36.1 Å². The van der Waals surface area contributed by atoms with Gasteiger partial charge in [0.25, 0.3) is 5.56 Å². The number of amides is 1. The van der Waals surface area contributed by atoms with E-state index >= 15 is 0 Å². The predicted molar refractivity (Wildman–Crippen MR) is 133 cm³/mol. The van der Waals surface area contributed by atoms with Crippen LogP contribution < -0.4 is 5.56 Å². The summed E-state index contributed by atoms with van der Waals surface area (Å²) in [5.41, 5.74) is 5.27. The molecule has 0 saturated heterocycles. The fourth-order valence-electron chi connectivity index (χ4n) is 4.60. The summed E-state index contributed by atoms with van der Waals surface area (Å²) in [5, 5.41) is 7.59. The van der Waals surface area contributed by atoms with Crippen molar-refractivity contribution < 1.29 is 4.79 Å². The zero-order valence-electron chi connectivity index (χ0n) is 18.3. The van der Waals surface area contributed by atoms with Crippen molar-refractivity contribution in [2.75, 3.05) is 0 Å². The lowest BCUT2D eigenvalue weighted by molar-refractivity contribution is -0.130. The summed E-state index contributed by atoms with van der Waals surface area (Å²) in [4.78, 5) is 28.9. The monoisotopic (exact) mass is 455 g/mol. The van der Waals surface area contributed by atoms with Gasteiger partial charge in [0, 0.05) is 34.8 Å². The number of benzene rings is 3. The van der Waals surface area contributed by atoms with Gasteiger partial charge >= 0.3 is 0 Å². The van der Waals surface area contributed by atoms with Gasteiger partial charge in [-0.05, 0) is 41.8 Å². The van der Waals surface area contributed by atoms with E-state index in [1.165, 1.54) is 11.9 Å². The van der Waals surface area contributed by atoms with Gasteiger partial charge in [-0.15, -0.1) is 0 Å². The first-order valence-electron chi connectivity index (χ1n) is 10.8. The highest BCUT2D eigenvalue weighted by Gasteiger charge is 2.34. The largest absolute Gasteiger partial charge is 0.321 e. The molecule has 3 aromatic carbocycles. The minimum absolute atomic E-state index is 0.167. The van der Waals surface area contributed by atoms with Crippen molar-refractivity contribution >= 4 is 34.1 Å². The first-order valence-corrected chi connectivity index (χ1v) is 11.2. The molecular weight excluding hydrogens is 434 g/mol. The zero-order valence-corrected chi connectivity index (χ0v) is 19.1. The Morgan fingerprint density at radius 3 is 2.48 bits per heavy atom. The van der Waals surface area contributed by atoms with Gasteiger partial charge < -0.3 is 4.98 Å². The third kappa shape index (κ3) is 3.74. The molecule has 1 N–H and O–H groups in total. The Kier molecular flexibility index (Phi) is 5.35. The molecule has 0 aliphatic carbocycles. The van der Waals surface area contributed by atoms with Crippen LogP contribution in [-0.2, 0) is 4.79 Å². The third-order valence-electron chi connectivity index (χ3n) is 6.11. The van der Waals surface area contributed by atoms with Crippen LogP contribution >= 0.6 is 11.6 Å². The third-order valence-corrected chi connectivity index (χ3v) is 6.34. The number of hydrazone groups is 1. The van der Waals surface area contributed by atoms with Crippen LogP contribution in [0.5, 0.6) is 0 Å². The lowest BCUT2D eigenvalue weighted by Crippen LogP contribution is -2.24. The van der Waals surface area contributed by atoms with Gasteiger partial charge in [-0.1, -0.05) is 66.2 Å². The molecule has 0 fully saturated rings. The quantitative estimate of drug-likeness (QED) is 0.420. The van der Waals surface area contributed by atoms with E-state index in [-0.39, 0.29) is 17.5 Å². The molecule has 0 bridgehead atoms. The number of aromatic nitrogens is 1. The van der Waals surface area contributed by atoms with Crippen molar-refractivity contribution in [2.24, 2.45) is 5.10 Å². The number of pyridine rings is 1. The highest BCUT2D eigenvalue weighted by molar-refractivity contribution is 6.31. The second kappa shape index (κ2) is 8.34. The van der Waals surface area contributed by atoms with Gasteiger partial charge in [0.05, 0.1) is 17.3 Å². The first kappa shape index (κ1) is 21.2. The molecular formula is C27H22ClN3O2. The number of nitrogens with zero attached hydrogens (tertiary/aromatic N) is 2. The van der Waals surface area contributed by atoms with Crippen molar-refractivity contribution in [1.82, 2.24) is 9.99 Å². The summed E-state index contributed by atoms with van der Waals surface area (Å²) in [5.74, 6) is -0.167. The van der Waals surface area contributed by atoms with E-state index < -0.39 is 0 Å². The summed E-state index contributed by atoms with van der Waals surface area (Å²) in [6.07, 6.45) is 0.444. The van der Waals surface area contributed by atoms with Crippen LogP contribution in [0, 0.1) is 6.92 Å². The Balaban J connectivity index is 1.76. The molecule has 5 rings (SSSR count). The Hall–Kier alpha value is -3.70. The van der Waals surface area contributed by atoms with E-state index in [1.54, 1.807) is 6.07 Å². The minimum Gasteiger partial charge on any atom is -0.321 e. The summed E-state index contributed by atoms with van der Waals surface area (Å²) in [7, 11) is 0. The van der Waals surface area contributed by atoms with E-state index in [2.05, 4.69) is 10.1 Å². The van der Waals surface area contributed by atoms with Gasteiger partial charge in [0.1, 0.15) is 0 Å². The van der Waals surface area contributed by atoms with Crippen LogP contribution in [0.25, 0.3) is 22.0 Å². The number of halogens is 1. The maximum Gasteiger partial charge on any atom is 0.258 e. The van der Waals surface area contributed by atoms with Gasteiger partial charge in [0.2, 0.25) is 5.91 Å². The van der Waals surface area contributed by atoms with Gasteiger partial charge in [0.15, 0.2) is 0 Å². The predicted octanol–water partition coefficient (Wildman–Crippen LogP) is 5.85. The Labute approximate surface area is 196 Å². The molecule has 164 valence electrons. The van der Waals surface area contributed by atoms with Crippen LogP contribution in [-0.4, -0.2) is 21.6 Å². The molecule has 0 unspecified atom stereocenters. The number of hydrogen-bond acceptors (Lipinski definition) is 3. The summed E-state index contributed by atoms with van der Waals surface area (Å²) in [6.45, 7) is 3.52. The molecule has 1 atom stereocenters. The molecule has 0 saturated carbocycles. The topological polar surface area (TPSA) is 65.5 Å². The average molecular weight is 456 g/mol.